The van der Waals surface area contributed by atoms with Crippen LogP contribution in [-0.2, 0) is 9.57 Å². The molecule has 0 aromatic heterocycles. The average Bonchev–Trinajstić information content (AvgIpc) is 2.16. The highest BCUT2D eigenvalue weighted by molar-refractivity contribution is 5.88. The summed E-state index contributed by atoms with van der Waals surface area (Å²) in [6.07, 6.45) is 1.59. The van der Waals surface area contributed by atoms with Crippen molar-refractivity contribution in [1.82, 2.24) is 16.1 Å². The van der Waals surface area contributed by atoms with Crippen LogP contribution in [0.5, 0.6) is 0 Å². The lowest BCUT2D eigenvalue weighted by molar-refractivity contribution is -0.167. The fourth-order valence-electron chi connectivity index (χ4n) is 0.662. The molecule has 0 aliphatic carbocycles. The van der Waals surface area contributed by atoms with E-state index >= 15 is 0 Å². The van der Waals surface area contributed by atoms with E-state index in [0.29, 0.717) is 11.7 Å². The zero-order valence-electron chi connectivity index (χ0n) is 6.87. The van der Waals surface area contributed by atoms with E-state index in [-0.39, 0.29) is 0 Å². The SMILES string of the molecule is COC1=NN(OC)NC(NN)=C1. The van der Waals surface area contributed by atoms with Gasteiger partial charge in [0.15, 0.2) is 0 Å². The van der Waals surface area contributed by atoms with Crippen molar-refractivity contribution in [1.29, 1.82) is 0 Å². The van der Waals surface area contributed by atoms with Gasteiger partial charge in [0.2, 0.25) is 5.90 Å². The summed E-state index contributed by atoms with van der Waals surface area (Å²) in [4.78, 5) is 4.77. The summed E-state index contributed by atoms with van der Waals surface area (Å²) in [7, 11) is 2.96. The van der Waals surface area contributed by atoms with Crippen LogP contribution in [-0.4, -0.2) is 25.4 Å². The number of hydrogen-bond acceptors (Lipinski definition) is 7. The minimum Gasteiger partial charge on any atom is -0.480 e. The van der Waals surface area contributed by atoms with Gasteiger partial charge in [0.05, 0.1) is 14.2 Å². The second-order valence-electron chi connectivity index (χ2n) is 1.91. The quantitative estimate of drug-likeness (QED) is 0.353. The molecule has 0 spiro atoms. The minimum atomic E-state index is 0.392. The van der Waals surface area contributed by atoms with Crippen LogP contribution in [0.25, 0.3) is 0 Å². The molecule has 1 heterocycles. The molecule has 1 aliphatic heterocycles. The molecular formula is C5H11N5O2. The van der Waals surface area contributed by atoms with Crippen LogP contribution < -0.4 is 16.7 Å². The van der Waals surface area contributed by atoms with Gasteiger partial charge >= 0.3 is 0 Å². The third kappa shape index (κ3) is 1.77. The molecule has 0 fully saturated rings. The van der Waals surface area contributed by atoms with Gasteiger partial charge < -0.3 is 10.2 Å². The van der Waals surface area contributed by atoms with Crippen LogP contribution in [0, 0.1) is 0 Å². The Labute approximate surface area is 69.7 Å². The minimum absolute atomic E-state index is 0.392. The van der Waals surface area contributed by atoms with Crippen molar-refractivity contribution in [3.63, 3.8) is 0 Å². The lowest BCUT2D eigenvalue weighted by Gasteiger charge is -2.22. The van der Waals surface area contributed by atoms with Crippen LogP contribution in [0.1, 0.15) is 0 Å². The van der Waals surface area contributed by atoms with E-state index in [9.17, 15) is 0 Å². The molecule has 4 N–H and O–H groups in total. The van der Waals surface area contributed by atoms with E-state index < -0.39 is 0 Å². The first-order valence-corrected chi connectivity index (χ1v) is 3.22. The predicted octanol–water partition coefficient (Wildman–Crippen LogP) is -1.37. The fraction of sp³-hybridized carbons (Fsp3) is 0.400. The molecule has 0 saturated heterocycles. The summed E-state index contributed by atoms with van der Waals surface area (Å²) in [6.45, 7) is 0. The number of hydrazine groups is 2. The summed E-state index contributed by atoms with van der Waals surface area (Å²) < 4.78 is 4.87. The summed E-state index contributed by atoms with van der Waals surface area (Å²) in [5.74, 6) is 6.09. The Morgan fingerprint density at radius 3 is 2.92 bits per heavy atom. The maximum absolute atomic E-state index is 5.16. The van der Waals surface area contributed by atoms with Crippen LogP contribution in [0.3, 0.4) is 0 Å². The topological polar surface area (TPSA) is 84.1 Å². The average molecular weight is 173 g/mol. The smallest absolute Gasteiger partial charge is 0.238 e. The molecule has 68 valence electrons. The van der Waals surface area contributed by atoms with Gasteiger partial charge in [-0.05, 0) is 0 Å². The summed E-state index contributed by atoms with van der Waals surface area (Å²) in [6, 6.07) is 0. The van der Waals surface area contributed by atoms with E-state index in [1.54, 1.807) is 6.08 Å². The largest absolute Gasteiger partial charge is 0.480 e. The van der Waals surface area contributed by atoms with E-state index in [1.165, 1.54) is 14.2 Å². The van der Waals surface area contributed by atoms with Crippen molar-refractivity contribution >= 4 is 5.90 Å². The molecule has 12 heavy (non-hydrogen) atoms. The number of nitrogens with zero attached hydrogens (tertiary/aromatic N) is 2. The van der Waals surface area contributed by atoms with Gasteiger partial charge in [0, 0.05) is 6.08 Å². The molecule has 0 atom stereocenters. The first kappa shape index (κ1) is 8.62. The molecule has 1 rings (SSSR count). The van der Waals surface area contributed by atoms with Gasteiger partial charge in [-0.15, -0.1) is 0 Å². The Morgan fingerprint density at radius 1 is 1.67 bits per heavy atom. The van der Waals surface area contributed by atoms with Gasteiger partial charge in [-0.25, -0.2) is 16.1 Å². The number of methoxy groups -OCH3 is 1. The number of hydrogen-bond donors (Lipinski definition) is 3. The zero-order chi connectivity index (χ0) is 8.97. The molecule has 7 nitrogen and oxygen atoms in total. The van der Waals surface area contributed by atoms with Crippen LogP contribution in [0.15, 0.2) is 17.0 Å². The van der Waals surface area contributed by atoms with Crippen LogP contribution >= 0.6 is 0 Å². The highest BCUT2D eigenvalue weighted by Crippen LogP contribution is 1.99. The maximum atomic E-state index is 5.16. The molecule has 0 bridgehead atoms. The number of hydrazone groups is 1. The number of nitrogens with one attached hydrogen (secondary N) is 2. The predicted molar refractivity (Wildman–Crippen MR) is 41.8 cm³/mol. The number of ether oxygens (including phenoxy) is 1. The third-order valence-corrected chi connectivity index (χ3v) is 1.21. The van der Waals surface area contributed by atoms with E-state index in [2.05, 4.69) is 16.0 Å². The van der Waals surface area contributed by atoms with Gasteiger partial charge in [-0.3, -0.25) is 0 Å². The highest BCUT2D eigenvalue weighted by atomic mass is 16.7. The van der Waals surface area contributed by atoms with Gasteiger partial charge in [0.1, 0.15) is 5.82 Å². The Balaban J connectivity index is 2.70. The summed E-state index contributed by atoms with van der Waals surface area (Å²) >= 11 is 0. The summed E-state index contributed by atoms with van der Waals surface area (Å²) in [5, 5.41) is 4.96. The standard InChI is InChI=1S/C5H11N5O2/c1-11-5-3-4(7-6)8-10(9-5)12-2/h3,7-8H,6H2,1-2H3. The Kier molecular flexibility index (Phi) is 2.72. The molecule has 0 unspecified atom stereocenters. The number of nitrogens with two attached hydrogens (primary N) is 1. The van der Waals surface area contributed by atoms with Crippen molar-refractivity contribution in [2.75, 3.05) is 14.2 Å². The first-order valence-electron chi connectivity index (χ1n) is 3.22. The molecule has 0 aromatic rings. The lowest BCUT2D eigenvalue weighted by Crippen LogP contribution is -2.43. The van der Waals surface area contributed by atoms with E-state index in [4.69, 9.17) is 15.4 Å². The Bertz CT molecular complexity index is 214. The number of rotatable bonds is 2. The van der Waals surface area contributed by atoms with Gasteiger partial charge in [0.25, 0.3) is 0 Å². The second-order valence-corrected chi connectivity index (χ2v) is 1.91. The molecular weight excluding hydrogens is 162 g/mol. The lowest BCUT2D eigenvalue weighted by atomic mass is 10.5. The Hall–Kier alpha value is -1.47. The van der Waals surface area contributed by atoms with Crippen molar-refractivity contribution in [3.8, 4) is 0 Å². The monoisotopic (exact) mass is 173 g/mol. The second kappa shape index (κ2) is 3.79. The molecule has 1 aliphatic rings. The van der Waals surface area contributed by atoms with E-state index in [1.807, 2.05) is 0 Å². The molecule has 0 aromatic carbocycles. The first-order chi connectivity index (χ1) is 5.80. The van der Waals surface area contributed by atoms with Crippen molar-refractivity contribution in [2.24, 2.45) is 10.9 Å². The normalized spacial score (nSPS) is 16.1. The molecule has 0 radical (unpaired) electrons. The molecule has 0 saturated carbocycles. The van der Waals surface area contributed by atoms with Gasteiger partial charge in [-0.1, -0.05) is 10.4 Å². The fourth-order valence-corrected chi connectivity index (χ4v) is 0.662. The molecule has 7 heteroatoms. The third-order valence-electron chi connectivity index (χ3n) is 1.21. The van der Waals surface area contributed by atoms with E-state index in [0.717, 1.165) is 5.28 Å². The zero-order valence-corrected chi connectivity index (χ0v) is 6.87. The highest BCUT2D eigenvalue weighted by Gasteiger charge is 2.11. The summed E-state index contributed by atoms with van der Waals surface area (Å²) in [5.41, 5.74) is 5.09. The van der Waals surface area contributed by atoms with Crippen LogP contribution in [0.4, 0.5) is 0 Å². The van der Waals surface area contributed by atoms with Crippen molar-refractivity contribution in [3.05, 3.63) is 11.9 Å². The Morgan fingerprint density at radius 2 is 2.42 bits per heavy atom. The maximum Gasteiger partial charge on any atom is 0.238 e. The molecule has 0 amide bonds. The van der Waals surface area contributed by atoms with Crippen molar-refractivity contribution < 1.29 is 9.57 Å². The van der Waals surface area contributed by atoms with Crippen molar-refractivity contribution in [2.45, 2.75) is 0 Å². The van der Waals surface area contributed by atoms with Crippen LogP contribution in [0.2, 0.25) is 0 Å². The van der Waals surface area contributed by atoms with Gasteiger partial charge in [-0.2, -0.15) is 0 Å².